The molecule has 1 saturated heterocycles. The van der Waals surface area contributed by atoms with Gasteiger partial charge in [-0.15, -0.1) is 11.3 Å². The van der Waals surface area contributed by atoms with Gasteiger partial charge in [-0.1, -0.05) is 0 Å². The highest BCUT2D eigenvalue weighted by Gasteiger charge is 2.24. The van der Waals surface area contributed by atoms with Crippen LogP contribution in [0, 0.1) is 0 Å². The molecule has 2 aliphatic rings. The number of aromatic nitrogens is 2. The van der Waals surface area contributed by atoms with Gasteiger partial charge >= 0.3 is 0 Å². The SMILES string of the molecule is O=C(NC1CCN(c2ncccn2)CC1)c1cc2c(s1)CCC2. The zero-order chi connectivity index (χ0) is 15.6. The standard InChI is InChI=1S/C17H20N4OS/c22-16(15-11-12-3-1-4-14(12)23-15)20-13-5-9-21(10-6-13)17-18-7-2-8-19-17/h2,7-8,11,13H,1,3-6,9-10H2,(H,20,22). The lowest BCUT2D eigenvalue weighted by Crippen LogP contribution is -2.45. The number of fused-ring (bicyclic) bond motifs is 1. The van der Waals surface area contributed by atoms with Crippen molar-refractivity contribution in [2.75, 3.05) is 18.0 Å². The van der Waals surface area contributed by atoms with E-state index in [1.165, 1.54) is 16.9 Å². The lowest BCUT2D eigenvalue weighted by Gasteiger charge is -2.32. The Morgan fingerprint density at radius 2 is 2.00 bits per heavy atom. The van der Waals surface area contributed by atoms with Crippen molar-refractivity contribution in [1.82, 2.24) is 15.3 Å². The molecule has 4 rings (SSSR count). The maximum absolute atomic E-state index is 12.4. The minimum Gasteiger partial charge on any atom is -0.348 e. The van der Waals surface area contributed by atoms with E-state index in [-0.39, 0.29) is 11.9 Å². The number of nitrogens with zero attached hydrogens (tertiary/aromatic N) is 3. The van der Waals surface area contributed by atoms with Crippen molar-refractivity contribution in [3.05, 3.63) is 39.8 Å². The second kappa shape index (κ2) is 6.28. The maximum Gasteiger partial charge on any atom is 0.261 e. The zero-order valence-electron chi connectivity index (χ0n) is 13.0. The summed E-state index contributed by atoms with van der Waals surface area (Å²) < 4.78 is 0. The minimum absolute atomic E-state index is 0.0961. The van der Waals surface area contributed by atoms with Crippen LogP contribution in [0.2, 0.25) is 0 Å². The summed E-state index contributed by atoms with van der Waals surface area (Å²) in [7, 11) is 0. The first-order valence-corrected chi connectivity index (χ1v) is 9.05. The molecule has 3 heterocycles. The first-order chi connectivity index (χ1) is 11.3. The summed E-state index contributed by atoms with van der Waals surface area (Å²) in [5.74, 6) is 0.880. The van der Waals surface area contributed by atoms with Crippen molar-refractivity contribution in [3.8, 4) is 0 Å². The number of piperidine rings is 1. The van der Waals surface area contributed by atoms with Gasteiger partial charge in [0.15, 0.2) is 0 Å². The molecule has 1 aliphatic carbocycles. The number of carbonyl (C=O) groups excluding carboxylic acids is 1. The fourth-order valence-corrected chi connectivity index (χ4v) is 4.53. The van der Waals surface area contributed by atoms with Gasteiger partial charge in [0.05, 0.1) is 4.88 Å². The lowest BCUT2D eigenvalue weighted by molar-refractivity contribution is 0.0935. The van der Waals surface area contributed by atoms with Crippen LogP contribution in [0.3, 0.4) is 0 Å². The lowest BCUT2D eigenvalue weighted by atomic mass is 10.1. The van der Waals surface area contributed by atoms with E-state index in [9.17, 15) is 4.79 Å². The normalized spacial score (nSPS) is 18.0. The average Bonchev–Trinajstić information content (AvgIpc) is 3.18. The summed E-state index contributed by atoms with van der Waals surface area (Å²) in [5.41, 5.74) is 1.39. The Hall–Kier alpha value is -1.95. The van der Waals surface area contributed by atoms with Gasteiger partial charge in [0.1, 0.15) is 0 Å². The second-order valence-electron chi connectivity index (χ2n) is 6.20. The van der Waals surface area contributed by atoms with E-state index in [4.69, 9.17) is 0 Å². The van der Waals surface area contributed by atoms with E-state index in [1.54, 1.807) is 23.7 Å². The highest BCUT2D eigenvalue weighted by Crippen LogP contribution is 2.30. The van der Waals surface area contributed by atoms with Crippen molar-refractivity contribution in [2.24, 2.45) is 0 Å². The van der Waals surface area contributed by atoms with Gasteiger partial charge < -0.3 is 10.2 Å². The molecule has 0 aromatic carbocycles. The Bertz CT molecular complexity index is 670. The van der Waals surface area contributed by atoms with Gasteiger partial charge in [-0.3, -0.25) is 4.79 Å². The quantitative estimate of drug-likeness (QED) is 0.940. The van der Waals surface area contributed by atoms with Crippen LogP contribution in [-0.4, -0.2) is 35.0 Å². The molecule has 0 radical (unpaired) electrons. The van der Waals surface area contributed by atoms with Crippen molar-refractivity contribution in [1.29, 1.82) is 0 Å². The number of thiophene rings is 1. The predicted molar refractivity (Wildman–Crippen MR) is 91.1 cm³/mol. The fraction of sp³-hybridized carbons (Fsp3) is 0.471. The molecule has 120 valence electrons. The first-order valence-electron chi connectivity index (χ1n) is 8.24. The third kappa shape index (κ3) is 3.08. The molecular weight excluding hydrogens is 308 g/mol. The predicted octanol–water partition coefficient (Wildman–Crippen LogP) is 2.43. The Labute approximate surface area is 139 Å². The number of hydrogen-bond donors (Lipinski definition) is 1. The minimum atomic E-state index is 0.0961. The second-order valence-corrected chi connectivity index (χ2v) is 7.33. The van der Waals surface area contributed by atoms with Gasteiger partial charge in [-0.05, 0) is 49.8 Å². The van der Waals surface area contributed by atoms with Crippen molar-refractivity contribution < 1.29 is 4.79 Å². The van der Waals surface area contributed by atoms with Gasteiger partial charge in [0.25, 0.3) is 5.91 Å². The number of carbonyl (C=O) groups is 1. The molecular formula is C17H20N4OS. The van der Waals surface area contributed by atoms with Crippen LogP contribution in [0.1, 0.15) is 39.4 Å². The Morgan fingerprint density at radius 1 is 1.22 bits per heavy atom. The largest absolute Gasteiger partial charge is 0.348 e. The van der Waals surface area contributed by atoms with Gasteiger partial charge in [-0.2, -0.15) is 0 Å². The van der Waals surface area contributed by atoms with E-state index >= 15 is 0 Å². The van der Waals surface area contributed by atoms with E-state index < -0.39 is 0 Å². The monoisotopic (exact) mass is 328 g/mol. The molecule has 0 unspecified atom stereocenters. The summed E-state index contributed by atoms with van der Waals surface area (Å²) in [6, 6.07) is 4.17. The van der Waals surface area contributed by atoms with Crippen LogP contribution < -0.4 is 10.2 Å². The molecule has 0 spiro atoms. The molecule has 2 aromatic rings. The van der Waals surface area contributed by atoms with E-state index in [0.717, 1.165) is 49.6 Å². The van der Waals surface area contributed by atoms with Crippen LogP contribution in [0.15, 0.2) is 24.5 Å². The molecule has 6 heteroatoms. The molecule has 5 nitrogen and oxygen atoms in total. The summed E-state index contributed by atoms with van der Waals surface area (Å²) in [6.07, 6.45) is 8.93. The molecule has 1 aliphatic heterocycles. The third-order valence-corrected chi connectivity index (χ3v) is 5.87. The average molecular weight is 328 g/mol. The van der Waals surface area contributed by atoms with Crippen LogP contribution in [0.4, 0.5) is 5.95 Å². The smallest absolute Gasteiger partial charge is 0.261 e. The Kier molecular flexibility index (Phi) is 3.99. The number of nitrogens with one attached hydrogen (secondary N) is 1. The van der Waals surface area contributed by atoms with E-state index in [0.29, 0.717) is 0 Å². The molecule has 1 N–H and O–H groups in total. The highest BCUT2D eigenvalue weighted by atomic mass is 32.1. The number of anilines is 1. The fourth-order valence-electron chi connectivity index (χ4n) is 3.38. The van der Waals surface area contributed by atoms with Gasteiger partial charge in [0, 0.05) is 36.4 Å². The number of rotatable bonds is 3. The molecule has 0 atom stereocenters. The van der Waals surface area contributed by atoms with Crippen molar-refractivity contribution >= 4 is 23.2 Å². The third-order valence-electron chi connectivity index (χ3n) is 4.64. The van der Waals surface area contributed by atoms with Crippen LogP contribution in [0.25, 0.3) is 0 Å². The first kappa shape index (κ1) is 14.6. The van der Waals surface area contributed by atoms with E-state index in [2.05, 4.69) is 26.3 Å². The van der Waals surface area contributed by atoms with Gasteiger partial charge in [-0.25, -0.2) is 9.97 Å². The molecule has 1 fully saturated rings. The summed E-state index contributed by atoms with van der Waals surface area (Å²) in [6.45, 7) is 1.77. The van der Waals surface area contributed by atoms with Crippen molar-refractivity contribution in [2.45, 2.75) is 38.1 Å². The van der Waals surface area contributed by atoms with Crippen LogP contribution in [-0.2, 0) is 12.8 Å². The summed E-state index contributed by atoms with van der Waals surface area (Å²) in [4.78, 5) is 25.5. The Balaban J connectivity index is 1.33. The topological polar surface area (TPSA) is 58.1 Å². The Morgan fingerprint density at radius 3 is 2.74 bits per heavy atom. The molecule has 0 saturated carbocycles. The summed E-state index contributed by atoms with van der Waals surface area (Å²) >= 11 is 1.67. The maximum atomic E-state index is 12.4. The van der Waals surface area contributed by atoms with Crippen molar-refractivity contribution in [3.63, 3.8) is 0 Å². The molecule has 2 aromatic heterocycles. The molecule has 1 amide bonds. The number of hydrogen-bond acceptors (Lipinski definition) is 5. The molecule has 0 bridgehead atoms. The van der Waals surface area contributed by atoms with Crippen LogP contribution >= 0.6 is 11.3 Å². The number of amides is 1. The summed E-state index contributed by atoms with van der Waals surface area (Å²) in [5, 5.41) is 3.20. The van der Waals surface area contributed by atoms with Crippen LogP contribution in [0.5, 0.6) is 0 Å². The van der Waals surface area contributed by atoms with Gasteiger partial charge in [0.2, 0.25) is 5.95 Å². The molecule has 23 heavy (non-hydrogen) atoms. The number of aryl methyl sites for hydroxylation is 2. The highest BCUT2D eigenvalue weighted by molar-refractivity contribution is 7.14. The van der Waals surface area contributed by atoms with E-state index in [1.807, 2.05) is 6.07 Å². The zero-order valence-corrected chi connectivity index (χ0v) is 13.8.